The molecule has 0 heterocycles. The average Bonchev–Trinajstić information content (AvgIpc) is 2.64. The van der Waals surface area contributed by atoms with E-state index in [1.165, 1.54) is 0 Å². The van der Waals surface area contributed by atoms with Gasteiger partial charge in [-0.3, -0.25) is 20.4 Å². The predicted octanol–water partition coefficient (Wildman–Crippen LogP) is 3.98. The minimum Gasteiger partial charge on any atom is -0.493 e. The molecule has 2 aromatic carbocycles. The summed E-state index contributed by atoms with van der Waals surface area (Å²) in [5.41, 5.74) is 5.02. The van der Waals surface area contributed by atoms with Crippen LogP contribution in [0.25, 0.3) is 0 Å². The van der Waals surface area contributed by atoms with Crippen molar-refractivity contribution in [1.82, 2.24) is 10.9 Å². The van der Waals surface area contributed by atoms with Crippen LogP contribution in [0.2, 0.25) is 5.02 Å². The number of benzene rings is 2. The molecule has 8 heteroatoms. The lowest BCUT2D eigenvalue weighted by Gasteiger charge is -2.11. The molecule has 0 aliphatic heterocycles. The smallest absolute Gasteiger partial charge is 0.276 e. The molecule has 2 rings (SSSR count). The molecule has 144 valence electrons. The molecular formula is C19H20BrClN2O4. The number of amides is 2. The fraction of sp³-hybridized carbons (Fsp3) is 0.263. The van der Waals surface area contributed by atoms with Gasteiger partial charge in [-0.2, -0.15) is 0 Å². The topological polar surface area (TPSA) is 76.7 Å². The Morgan fingerprint density at radius 3 is 2.59 bits per heavy atom. The number of nitrogens with one attached hydrogen (secondary N) is 2. The van der Waals surface area contributed by atoms with Crippen molar-refractivity contribution in [1.29, 1.82) is 0 Å². The summed E-state index contributed by atoms with van der Waals surface area (Å²) in [6.45, 7) is 4.37. The fourth-order valence-electron chi connectivity index (χ4n) is 1.96. The molecule has 2 N–H and O–H groups in total. The van der Waals surface area contributed by atoms with Crippen molar-refractivity contribution in [2.24, 2.45) is 5.92 Å². The molecule has 0 spiro atoms. The van der Waals surface area contributed by atoms with Crippen molar-refractivity contribution in [2.75, 3.05) is 13.2 Å². The monoisotopic (exact) mass is 454 g/mol. The Balaban J connectivity index is 1.82. The summed E-state index contributed by atoms with van der Waals surface area (Å²) in [6.07, 6.45) is 0. The summed E-state index contributed by atoms with van der Waals surface area (Å²) in [7, 11) is 0. The number of halogens is 2. The Labute approximate surface area is 171 Å². The van der Waals surface area contributed by atoms with E-state index in [1.54, 1.807) is 42.5 Å². The van der Waals surface area contributed by atoms with E-state index in [0.29, 0.717) is 39.1 Å². The number of rotatable bonds is 7. The van der Waals surface area contributed by atoms with Crippen LogP contribution >= 0.6 is 27.5 Å². The molecule has 0 saturated heterocycles. The largest absolute Gasteiger partial charge is 0.493 e. The maximum Gasteiger partial charge on any atom is 0.276 e. The lowest BCUT2D eigenvalue weighted by atomic mass is 10.2. The molecule has 0 aromatic heterocycles. The molecule has 0 atom stereocenters. The maximum atomic E-state index is 12.2. The highest BCUT2D eigenvalue weighted by molar-refractivity contribution is 9.10. The molecule has 0 unspecified atom stereocenters. The van der Waals surface area contributed by atoms with Gasteiger partial charge in [0.15, 0.2) is 6.61 Å². The quantitative estimate of drug-likeness (QED) is 0.619. The van der Waals surface area contributed by atoms with Gasteiger partial charge in [-0.15, -0.1) is 0 Å². The molecule has 0 bridgehead atoms. The van der Waals surface area contributed by atoms with Crippen molar-refractivity contribution in [3.63, 3.8) is 0 Å². The Kier molecular flexibility index (Phi) is 7.94. The zero-order valence-corrected chi connectivity index (χ0v) is 17.3. The van der Waals surface area contributed by atoms with Crippen LogP contribution < -0.4 is 20.3 Å². The summed E-state index contributed by atoms with van der Waals surface area (Å²) in [5.74, 6) is 0.486. The Bertz CT molecular complexity index is 814. The minimum atomic E-state index is -0.502. The van der Waals surface area contributed by atoms with Gasteiger partial charge < -0.3 is 9.47 Å². The van der Waals surface area contributed by atoms with Crippen LogP contribution in [0, 0.1) is 5.92 Å². The zero-order valence-electron chi connectivity index (χ0n) is 14.9. The molecular weight excluding hydrogens is 436 g/mol. The van der Waals surface area contributed by atoms with E-state index < -0.39 is 11.8 Å². The lowest BCUT2D eigenvalue weighted by Crippen LogP contribution is -2.43. The van der Waals surface area contributed by atoms with Gasteiger partial charge in [0.25, 0.3) is 11.8 Å². The number of carbonyl (C=O) groups excluding carboxylic acids is 2. The van der Waals surface area contributed by atoms with Crippen LogP contribution in [0.3, 0.4) is 0 Å². The van der Waals surface area contributed by atoms with Gasteiger partial charge in [-0.1, -0.05) is 31.5 Å². The SMILES string of the molecule is CC(C)COc1cccc(C(=O)NNC(=O)COc2ccc(Cl)cc2Br)c1. The number of hydrogen-bond donors (Lipinski definition) is 2. The molecule has 0 aliphatic carbocycles. The summed E-state index contributed by atoms with van der Waals surface area (Å²) < 4.78 is 11.6. The van der Waals surface area contributed by atoms with E-state index in [4.69, 9.17) is 21.1 Å². The first-order valence-electron chi connectivity index (χ1n) is 8.25. The van der Waals surface area contributed by atoms with Crippen molar-refractivity contribution in [3.05, 3.63) is 57.5 Å². The molecule has 27 heavy (non-hydrogen) atoms. The van der Waals surface area contributed by atoms with Gasteiger partial charge in [0.1, 0.15) is 11.5 Å². The first-order chi connectivity index (χ1) is 12.8. The third kappa shape index (κ3) is 7.11. The van der Waals surface area contributed by atoms with Gasteiger partial charge in [-0.25, -0.2) is 0 Å². The molecule has 0 saturated carbocycles. The van der Waals surface area contributed by atoms with E-state index in [-0.39, 0.29) is 6.61 Å². The zero-order chi connectivity index (χ0) is 19.8. The minimum absolute atomic E-state index is 0.266. The van der Waals surface area contributed by atoms with Crippen LogP contribution in [0.15, 0.2) is 46.9 Å². The molecule has 6 nitrogen and oxygen atoms in total. The second kappa shape index (κ2) is 10.2. The molecule has 0 radical (unpaired) electrons. The van der Waals surface area contributed by atoms with E-state index in [0.717, 1.165) is 0 Å². The highest BCUT2D eigenvalue weighted by Crippen LogP contribution is 2.27. The second-order valence-corrected chi connectivity index (χ2v) is 7.39. The first kappa shape index (κ1) is 21.1. The average molecular weight is 456 g/mol. The van der Waals surface area contributed by atoms with Crippen LogP contribution in [0.1, 0.15) is 24.2 Å². The third-order valence-corrected chi connectivity index (χ3v) is 4.10. The number of ether oxygens (including phenoxy) is 2. The normalized spacial score (nSPS) is 10.4. The van der Waals surface area contributed by atoms with Gasteiger partial charge in [-0.05, 0) is 58.2 Å². The number of hydrogen-bond acceptors (Lipinski definition) is 4. The molecule has 0 aliphatic rings. The summed E-state index contributed by atoms with van der Waals surface area (Å²) in [4.78, 5) is 24.0. The number of carbonyl (C=O) groups is 2. The van der Waals surface area contributed by atoms with Crippen LogP contribution in [0.5, 0.6) is 11.5 Å². The van der Waals surface area contributed by atoms with Gasteiger partial charge in [0, 0.05) is 10.6 Å². The molecule has 2 aromatic rings. The highest BCUT2D eigenvalue weighted by atomic mass is 79.9. The molecule has 0 fully saturated rings. The first-order valence-corrected chi connectivity index (χ1v) is 9.42. The van der Waals surface area contributed by atoms with Crippen LogP contribution in [-0.4, -0.2) is 25.0 Å². The van der Waals surface area contributed by atoms with Crippen molar-refractivity contribution < 1.29 is 19.1 Å². The van der Waals surface area contributed by atoms with Crippen molar-refractivity contribution in [2.45, 2.75) is 13.8 Å². The third-order valence-electron chi connectivity index (χ3n) is 3.25. The van der Waals surface area contributed by atoms with Crippen LogP contribution in [-0.2, 0) is 4.79 Å². The highest BCUT2D eigenvalue weighted by Gasteiger charge is 2.10. The summed E-state index contributed by atoms with van der Waals surface area (Å²) in [6, 6.07) is 11.7. The van der Waals surface area contributed by atoms with E-state index in [1.807, 2.05) is 13.8 Å². The van der Waals surface area contributed by atoms with E-state index in [2.05, 4.69) is 26.8 Å². The van der Waals surface area contributed by atoms with Gasteiger partial charge >= 0.3 is 0 Å². The summed E-state index contributed by atoms with van der Waals surface area (Å²) in [5, 5.41) is 0.547. The maximum absolute atomic E-state index is 12.2. The van der Waals surface area contributed by atoms with E-state index in [9.17, 15) is 9.59 Å². The number of hydrazine groups is 1. The Morgan fingerprint density at radius 2 is 1.89 bits per heavy atom. The predicted molar refractivity (Wildman–Crippen MR) is 107 cm³/mol. The van der Waals surface area contributed by atoms with Crippen LogP contribution in [0.4, 0.5) is 0 Å². The Morgan fingerprint density at radius 1 is 1.11 bits per heavy atom. The summed E-state index contributed by atoms with van der Waals surface area (Å²) >= 11 is 9.14. The van der Waals surface area contributed by atoms with Crippen molar-refractivity contribution >= 4 is 39.3 Å². The second-order valence-electron chi connectivity index (χ2n) is 6.10. The Hall–Kier alpha value is -2.25. The fourth-order valence-corrected chi connectivity index (χ4v) is 2.76. The lowest BCUT2D eigenvalue weighted by molar-refractivity contribution is -0.123. The van der Waals surface area contributed by atoms with Gasteiger partial charge in [0.05, 0.1) is 11.1 Å². The van der Waals surface area contributed by atoms with E-state index >= 15 is 0 Å². The standard InChI is InChI=1S/C19H20BrClN2O4/c1-12(2)10-26-15-5-3-4-13(8-15)19(25)23-22-18(24)11-27-17-7-6-14(21)9-16(17)20/h3-9,12H,10-11H2,1-2H3,(H,22,24)(H,23,25). The van der Waals surface area contributed by atoms with Gasteiger partial charge in [0.2, 0.25) is 0 Å². The van der Waals surface area contributed by atoms with Crippen molar-refractivity contribution in [3.8, 4) is 11.5 Å². The molecule has 2 amide bonds.